The number of nitrogen functional groups attached to an aromatic ring is 1. The summed E-state index contributed by atoms with van der Waals surface area (Å²) in [7, 11) is -3.87. The molecule has 9 heteroatoms. The molecule has 0 aromatic heterocycles. The van der Waals surface area contributed by atoms with E-state index in [1.807, 2.05) is 0 Å². The molecule has 1 aromatic rings. The Morgan fingerprint density at radius 1 is 1.40 bits per heavy atom. The number of hydrogen-bond donors (Lipinski definition) is 3. The highest BCUT2D eigenvalue weighted by Gasteiger charge is 2.28. The van der Waals surface area contributed by atoms with Crippen LogP contribution in [0.25, 0.3) is 0 Å². The fraction of sp³-hybridized carbons (Fsp3) is 0.364. The summed E-state index contributed by atoms with van der Waals surface area (Å²) < 4.78 is 27.8. The molecule has 1 fully saturated rings. The zero-order valence-electron chi connectivity index (χ0n) is 10.7. The summed E-state index contributed by atoms with van der Waals surface area (Å²) in [6.45, 7) is 1.09. The average molecular weight is 300 g/mol. The summed E-state index contributed by atoms with van der Waals surface area (Å²) in [4.78, 5) is 13.0. The van der Waals surface area contributed by atoms with Crippen LogP contribution in [0.15, 0.2) is 23.1 Å². The van der Waals surface area contributed by atoms with Gasteiger partial charge in [0.2, 0.25) is 15.9 Å². The van der Waals surface area contributed by atoms with Gasteiger partial charge in [0.15, 0.2) is 0 Å². The minimum absolute atomic E-state index is 0.0275. The highest BCUT2D eigenvalue weighted by molar-refractivity contribution is 7.89. The van der Waals surface area contributed by atoms with Gasteiger partial charge in [-0.15, -0.1) is 0 Å². The number of carbonyl (C=O) groups excluding carboxylic acids is 1. The van der Waals surface area contributed by atoms with Gasteiger partial charge in [-0.3, -0.25) is 4.79 Å². The predicted molar refractivity (Wildman–Crippen MR) is 73.4 cm³/mol. The van der Waals surface area contributed by atoms with E-state index in [2.05, 4.69) is 0 Å². The number of rotatable bonds is 3. The maximum Gasteiger partial charge on any atom is 0.242 e. The van der Waals surface area contributed by atoms with Crippen molar-refractivity contribution in [3.05, 3.63) is 18.2 Å². The largest absolute Gasteiger partial charge is 0.398 e. The Morgan fingerprint density at radius 2 is 2.10 bits per heavy atom. The zero-order chi connectivity index (χ0) is 14.9. The van der Waals surface area contributed by atoms with E-state index in [9.17, 15) is 13.2 Å². The van der Waals surface area contributed by atoms with Crippen LogP contribution in [0.5, 0.6) is 0 Å². The fourth-order valence-corrected chi connectivity index (χ4v) is 2.77. The second kappa shape index (κ2) is 5.27. The number of nitrogens with zero attached hydrogens (tertiary/aromatic N) is 1. The number of carbonyl (C=O) groups is 1. The molecule has 1 atom stereocenters. The molecule has 0 spiro atoms. The van der Waals surface area contributed by atoms with Gasteiger partial charge >= 0.3 is 0 Å². The molecule has 1 amide bonds. The van der Waals surface area contributed by atoms with Crippen LogP contribution in [0, 0.1) is 0 Å². The molecule has 1 aliphatic heterocycles. The lowest BCUT2D eigenvalue weighted by molar-refractivity contribution is -0.121. The molecule has 1 heterocycles. The molecule has 0 bridgehead atoms. The minimum atomic E-state index is -3.87. The van der Waals surface area contributed by atoms with E-state index in [0.717, 1.165) is 0 Å². The van der Waals surface area contributed by atoms with Crippen molar-refractivity contribution < 1.29 is 17.9 Å². The van der Waals surface area contributed by atoms with E-state index < -0.39 is 22.0 Å². The van der Waals surface area contributed by atoms with Crippen LogP contribution in [-0.2, 0) is 19.6 Å². The first kappa shape index (κ1) is 14.6. The van der Waals surface area contributed by atoms with E-state index in [4.69, 9.17) is 21.3 Å². The van der Waals surface area contributed by atoms with E-state index in [1.54, 1.807) is 4.90 Å². The predicted octanol–water partition coefficient (Wildman–Crippen LogP) is -1.39. The minimum Gasteiger partial charge on any atom is -0.398 e. The average Bonchev–Trinajstić information content (AvgIpc) is 2.37. The molecule has 1 aliphatic rings. The smallest absolute Gasteiger partial charge is 0.242 e. The SMILES string of the molecule is NC(=O)C1COCCN1c1ccc(S(N)(=O)=O)c(N)c1. The molecular weight excluding hydrogens is 284 g/mol. The molecule has 20 heavy (non-hydrogen) atoms. The van der Waals surface area contributed by atoms with Gasteiger partial charge in [-0.1, -0.05) is 0 Å². The number of primary sulfonamides is 1. The second-order valence-electron chi connectivity index (χ2n) is 4.45. The van der Waals surface area contributed by atoms with Crippen molar-refractivity contribution in [2.24, 2.45) is 10.9 Å². The van der Waals surface area contributed by atoms with Crippen molar-refractivity contribution in [2.75, 3.05) is 30.4 Å². The van der Waals surface area contributed by atoms with Crippen LogP contribution in [0.4, 0.5) is 11.4 Å². The maximum atomic E-state index is 11.4. The Morgan fingerprint density at radius 3 is 2.65 bits per heavy atom. The van der Waals surface area contributed by atoms with Gasteiger partial charge in [-0.25, -0.2) is 13.6 Å². The highest BCUT2D eigenvalue weighted by atomic mass is 32.2. The molecule has 1 saturated heterocycles. The third kappa shape index (κ3) is 2.84. The molecule has 1 unspecified atom stereocenters. The van der Waals surface area contributed by atoms with E-state index in [-0.39, 0.29) is 17.2 Å². The summed E-state index contributed by atoms with van der Waals surface area (Å²) in [5.41, 5.74) is 11.7. The molecule has 0 aliphatic carbocycles. The number of ether oxygens (including phenoxy) is 1. The van der Waals surface area contributed by atoms with Crippen LogP contribution >= 0.6 is 0 Å². The zero-order valence-corrected chi connectivity index (χ0v) is 11.5. The molecule has 110 valence electrons. The molecule has 8 nitrogen and oxygen atoms in total. The van der Waals surface area contributed by atoms with E-state index in [0.29, 0.717) is 18.8 Å². The Balaban J connectivity index is 2.38. The van der Waals surface area contributed by atoms with Crippen molar-refractivity contribution in [2.45, 2.75) is 10.9 Å². The number of primary amides is 1. The van der Waals surface area contributed by atoms with Crippen molar-refractivity contribution in [1.29, 1.82) is 0 Å². The molecule has 0 radical (unpaired) electrons. The Hall–Kier alpha value is -1.84. The van der Waals surface area contributed by atoms with Gasteiger partial charge in [0.1, 0.15) is 10.9 Å². The second-order valence-corrected chi connectivity index (χ2v) is 5.98. The van der Waals surface area contributed by atoms with E-state index >= 15 is 0 Å². The monoisotopic (exact) mass is 300 g/mol. The summed E-state index contributed by atoms with van der Waals surface area (Å²) in [6, 6.07) is 3.70. The Kier molecular flexibility index (Phi) is 3.84. The standard InChI is InChI=1S/C11H16N4O4S/c12-8-5-7(1-2-10(8)20(14,17)18)15-3-4-19-6-9(15)11(13)16/h1-2,5,9H,3-4,6,12H2,(H2,13,16)(H2,14,17,18). The van der Waals surface area contributed by atoms with Crippen LogP contribution in [0.3, 0.4) is 0 Å². The van der Waals surface area contributed by atoms with Crippen molar-refractivity contribution in [1.82, 2.24) is 0 Å². The number of nitrogens with two attached hydrogens (primary N) is 3. The van der Waals surface area contributed by atoms with Crippen LogP contribution in [-0.4, -0.2) is 40.1 Å². The number of amides is 1. The summed E-state index contributed by atoms with van der Waals surface area (Å²) in [6.07, 6.45) is 0. The molecule has 2 rings (SSSR count). The number of anilines is 2. The Bertz CT molecular complexity index is 631. The first-order chi connectivity index (χ1) is 9.30. The van der Waals surface area contributed by atoms with Crippen molar-refractivity contribution >= 4 is 27.3 Å². The summed E-state index contributed by atoms with van der Waals surface area (Å²) in [5, 5.41) is 5.05. The van der Waals surface area contributed by atoms with Crippen molar-refractivity contribution in [3.63, 3.8) is 0 Å². The molecule has 6 N–H and O–H groups in total. The fourth-order valence-electron chi connectivity index (χ4n) is 2.12. The first-order valence-electron chi connectivity index (χ1n) is 5.86. The number of sulfonamides is 1. The molecular formula is C11H16N4O4S. The van der Waals surface area contributed by atoms with Gasteiger partial charge in [-0.05, 0) is 18.2 Å². The normalized spacial score (nSPS) is 19.9. The highest BCUT2D eigenvalue weighted by Crippen LogP contribution is 2.26. The van der Waals surface area contributed by atoms with Gasteiger partial charge < -0.3 is 21.1 Å². The summed E-state index contributed by atoms with van der Waals surface area (Å²) in [5.74, 6) is -0.515. The first-order valence-corrected chi connectivity index (χ1v) is 7.41. The van der Waals surface area contributed by atoms with Gasteiger partial charge in [-0.2, -0.15) is 0 Å². The third-order valence-corrected chi connectivity index (χ3v) is 4.07. The number of benzene rings is 1. The lowest BCUT2D eigenvalue weighted by atomic mass is 10.1. The van der Waals surface area contributed by atoms with Crippen LogP contribution < -0.4 is 21.5 Å². The van der Waals surface area contributed by atoms with Gasteiger partial charge in [0.05, 0.1) is 18.9 Å². The molecule has 0 saturated carbocycles. The third-order valence-electron chi connectivity index (χ3n) is 3.09. The number of morpholine rings is 1. The lowest BCUT2D eigenvalue weighted by Crippen LogP contribution is -2.52. The van der Waals surface area contributed by atoms with Gasteiger partial charge in [0, 0.05) is 12.2 Å². The molecule has 1 aromatic carbocycles. The maximum absolute atomic E-state index is 11.4. The van der Waals surface area contributed by atoms with Crippen molar-refractivity contribution in [3.8, 4) is 0 Å². The lowest BCUT2D eigenvalue weighted by Gasteiger charge is -2.35. The summed E-state index contributed by atoms with van der Waals surface area (Å²) >= 11 is 0. The van der Waals surface area contributed by atoms with Crippen LogP contribution in [0.2, 0.25) is 0 Å². The number of hydrogen-bond acceptors (Lipinski definition) is 6. The topological polar surface area (TPSA) is 142 Å². The van der Waals surface area contributed by atoms with Crippen LogP contribution in [0.1, 0.15) is 0 Å². The Labute approximate surface area is 116 Å². The van der Waals surface area contributed by atoms with Gasteiger partial charge in [0.25, 0.3) is 0 Å². The van der Waals surface area contributed by atoms with E-state index in [1.165, 1.54) is 18.2 Å². The quantitative estimate of drug-likeness (QED) is 0.586.